The fourth-order valence-electron chi connectivity index (χ4n) is 2.73. The molecule has 11 nitrogen and oxygen atoms in total. The summed E-state index contributed by atoms with van der Waals surface area (Å²) in [4.78, 5) is 33.0. The topological polar surface area (TPSA) is 153 Å². The highest BCUT2D eigenvalue weighted by Crippen LogP contribution is 2.31. The predicted molar refractivity (Wildman–Crippen MR) is 107 cm³/mol. The van der Waals surface area contributed by atoms with E-state index in [4.69, 9.17) is 16.3 Å². The van der Waals surface area contributed by atoms with Crippen LogP contribution in [0.5, 0.6) is 11.5 Å². The Kier molecular flexibility index (Phi) is 5.65. The first kappa shape index (κ1) is 20.7. The summed E-state index contributed by atoms with van der Waals surface area (Å²) in [6.45, 7) is 3.76. The van der Waals surface area contributed by atoms with Gasteiger partial charge in [0.15, 0.2) is 10.7 Å². The van der Waals surface area contributed by atoms with Gasteiger partial charge in [0.2, 0.25) is 0 Å². The van der Waals surface area contributed by atoms with Crippen molar-refractivity contribution in [1.82, 2.24) is 10.2 Å². The highest BCUT2D eigenvalue weighted by atomic mass is 35.5. The Morgan fingerprint density at radius 3 is 2.23 bits per heavy atom. The molecule has 0 saturated carbocycles. The van der Waals surface area contributed by atoms with Gasteiger partial charge in [-0.15, -0.1) is 5.10 Å². The maximum atomic E-state index is 12.4. The van der Waals surface area contributed by atoms with Crippen LogP contribution in [0.25, 0.3) is 0 Å². The number of non-ortho nitro benzene ring substituents is 1. The molecule has 1 aromatic heterocycles. The average molecular weight is 432 g/mol. The summed E-state index contributed by atoms with van der Waals surface area (Å²) in [5.41, 5.74) is 1.16. The predicted octanol–water partition coefficient (Wildman–Crippen LogP) is 4.54. The van der Waals surface area contributed by atoms with Crippen LogP contribution in [0.4, 0.5) is 17.2 Å². The van der Waals surface area contributed by atoms with Crippen LogP contribution < -0.4 is 10.1 Å². The van der Waals surface area contributed by atoms with E-state index in [0.717, 1.165) is 17.2 Å². The molecule has 0 unspecified atom stereocenters. The highest BCUT2D eigenvalue weighted by molar-refractivity contribution is 6.35. The third-order valence-corrected chi connectivity index (χ3v) is 4.24. The Bertz CT molecular complexity index is 1160. The molecule has 2 aromatic carbocycles. The summed E-state index contributed by atoms with van der Waals surface area (Å²) >= 11 is 5.80. The summed E-state index contributed by atoms with van der Waals surface area (Å²) in [6, 6.07) is 9.15. The number of nitro groups is 2. The maximum absolute atomic E-state index is 12.4. The third kappa shape index (κ3) is 4.52. The van der Waals surface area contributed by atoms with Crippen molar-refractivity contribution in [3.63, 3.8) is 0 Å². The quantitative estimate of drug-likeness (QED) is 0.428. The molecule has 0 spiro atoms. The molecular weight excluding hydrogens is 418 g/mol. The fraction of sp³-hybridized carbons (Fsp3) is 0.111. The molecule has 0 bridgehead atoms. The van der Waals surface area contributed by atoms with Crippen LogP contribution >= 0.6 is 11.6 Å². The number of H-pyrrole nitrogens is 1. The van der Waals surface area contributed by atoms with Gasteiger partial charge in [-0.25, -0.2) is 0 Å². The SMILES string of the molecule is Cc1cc(C)cc(Oc2cc(NC(=O)c3n[nH]c([N+](=O)[O-])c3Cl)cc([N+](=O)[O-])c2)c1. The van der Waals surface area contributed by atoms with E-state index >= 15 is 0 Å². The number of aryl methyl sites for hydroxylation is 2. The Morgan fingerprint density at radius 1 is 1.03 bits per heavy atom. The van der Waals surface area contributed by atoms with Crippen LogP contribution in [0.15, 0.2) is 36.4 Å². The van der Waals surface area contributed by atoms with Crippen LogP contribution in [-0.4, -0.2) is 26.0 Å². The van der Waals surface area contributed by atoms with Crippen molar-refractivity contribution >= 4 is 34.7 Å². The van der Waals surface area contributed by atoms with Gasteiger partial charge in [0.05, 0.1) is 16.7 Å². The van der Waals surface area contributed by atoms with Crippen LogP contribution in [0.1, 0.15) is 21.6 Å². The maximum Gasteiger partial charge on any atom is 0.362 e. The van der Waals surface area contributed by atoms with E-state index in [9.17, 15) is 25.0 Å². The molecule has 1 amide bonds. The van der Waals surface area contributed by atoms with Crippen molar-refractivity contribution in [1.29, 1.82) is 0 Å². The minimum Gasteiger partial charge on any atom is -0.457 e. The van der Waals surface area contributed by atoms with Crippen molar-refractivity contribution in [2.75, 3.05) is 5.32 Å². The van der Waals surface area contributed by atoms with Crippen molar-refractivity contribution in [2.45, 2.75) is 13.8 Å². The van der Waals surface area contributed by atoms with Crippen molar-refractivity contribution in [3.8, 4) is 11.5 Å². The van der Waals surface area contributed by atoms with Gasteiger partial charge in [-0.3, -0.25) is 14.9 Å². The lowest BCUT2D eigenvalue weighted by Gasteiger charge is -2.10. The van der Waals surface area contributed by atoms with E-state index in [1.54, 1.807) is 12.1 Å². The number of aromatic nitrogens is 2. The fourth-order valence-corrected chi connectivity index (χ4v) is 2.97. The third-order valence-electron chi connectivity index (χ3n) is 3.88. The summed E-state index contributed by atoms with van der Waals surface area (Å²) in [6.07, 6.45) is 0. The molecule has 154 valence electrons. The first-order valence-electron chi connectivity index (χ1n) is 8.39. The number of nitrogens with one attached hydrogen (secondary N) is 2. The van der Waals surface area contributed by atoms with Gasteiger partial charge in [0.25, 0.3) is 11.6 Å². The van der Waals surface area contributed by atoms with Gasteiger partial charge >= 0.3 is 5.82 Å². The summed E-state index contributed by atoms with van der Waals surface area (Å²) < 4.78 is 5.73. The number of ether oxygens (including phenoxy) is 1. The Labute approximate surface area is 173 Å². The zero-order valence-corrected chi connectivity index (χ0v) is 16.4. The van der Waals surface area contributed by atoms with Crippen molar-refractivity contribution in [3.05, 3.63) is 78.5 Å². The standard InChI is InChI=1S/C18H14ClN5O6/c1-9-3-10(2)5-13(4-9)30-14-7-11(6-12(8-14)23(26)27)20-18(25)16-15(19)17(22-21-16)24(28)29/h3-8H,1-2H3,(H,20,25)(H,21,22). The Hall–Kier alpha value is -3.99. The molecule has 0 aliphatic heterocycles. The van der Waals surface area contributed by atoms with E-state index in [1.165, 1.54) is 12.1 Å². The van der Waals surface area contributed by atoms with Gasteiger partial charge in [-0.05, 0) is 42.0 Å². The second-order valence-corrected chi connectivity index (χ2v) is 6.72. The van der Waals surface area contributed by atoms with Gasteiger partial charge in [0, 0.05) is 12.1 Å². The normalized spacial score (nSPS) is 10.5. The molecule has 12 heteroatoms. The molecule has 0 aliphatic rings. The number of nitro benzene ring substituents is 1. The summed E-state index contributed by atoms with van der Waals surface area (Å²) in [5.74, 6) is -0.943. The van der Waals surface area contributed by atoms with Gasteiger partial charge < -0.3 is 20.2 Å². The van der Waals surface area contributed by atoms with E-state index in [0.29, 0.717) is 5.75 Å². The second-order valence-electron chi connectivity index (χ2n) is 6.34. The smallest absolute Gasteiger partial charge is 0.362 e. The zero-order valence-electron chi connectivity index (χ0n) is 15.6. The van der Waals surface area contributed by atoms with Crippen molar-refractivity contribution < 1.29 is 19.4 Å². The lowest BCUT2D eigenvalue weighted by atomic mass is 10.1. The Morgan fingerprint density at radius 2 is 1.67 bits per heavy atom. The van der Waals surface area contributed by atoms with E-state index in [2.05, 4.69) is 10.4 Å². The summed E-state index contributed by atoms with van der Waals surface area (Å²) in [7, 11) is 0. The molecule has 0 saturated heterocycles. The van der Waals surface area contributed by atoms with E-state index in [1.807, 2.05) is 25.0 Å². The minimum absolute atomic E-state index is 0.0234. The molecule has 0 aliphatic carbocycles. The van der Waals surface area contributed by atoms with E-state index < -0.39 is 32.3 Å². The highest BCUT2D eigenvalue weighted by Gasteiger charge is 2.25. The lowest BCUT2D eigenvalue weighted by Crippen LogP contribution is -2.13. The number of aromatic amines is 1. The molecule has 1 heterocycles. The molecule has 0 radical (unpaired) electrons. The van der Waals surface area contributed by atoms with Crippen molar-refractivity contribution in [2.24, 2.45) is 0 Å². The van der Waals surface area contributed by atoms with Gasteiger partial charge in [-0.2, -0.15) is 0 Å². The Balaban J connectivity index is 1.92. The van der Waals surface area contributed by atoms with Crippen LogP contribution in [0, 0.1) is 34.1 Å². The number of hydrogen-bond acceptors (Lipinski definition) is 7. The van der Waals surface area contributed by atoms with Crippen LogP contribution in [0.2, 0.25) is 5.02 Å². The summed E-state index contributed by atoms with van der Waals surface area (Å²) in [5, 5.41) is 29.6. The number of anilines is 1. The monoisotopic (exact) mass is 431 g/mol. The van der Waals surface area contributed by atoms with Gasteiger partial charge in [-0.1, -0.05) is 22.8 Å². The van der Waals surface area contributed by atoms with E-state index in [-0.39, 0.29) is 17.1 Å². The largest absolute Gasteiger partial charge is 0.457 e. The average Bonchev–Trinajstić information content (AvgIpc) is 3.02. The number of amides is 1. The van der Waals surface area contributed by atoms with Crippen LogP contribution in [0.3, 0.4) is 0 Å². The second kappa shape index (κ2) is 8.17. The van der Waals surface area contributed by atoms with Gasteiger partial charge in [0.1, 0.15) is 11.5 Å². The first-order valence-corrected chi connectivity index (χ1v) is 8.77. The number of benzene rings is 2. The molecule has 30 heavy (non-hydrogen) atoms. The van der Waals surface area contributed by atoms with Crippen LogP contribution in [-0.2, 0) is 0 Å². The number of carbonyl (C=O) groups is 1. The minimum atomic E-state index is -0.887. The number of halogens is 1. The molecule has 2 N–H and O–H groups in total. The molecule has 0 atom stereocenters. The number of carbonyl (C=O) groups excluding carboxylic acids is 1. The number of hydrogen-bond donors (Lipinski definition) is 2. The lowest BCUT2D eigenvalue weighted by molar-refractivity contribution is -0.389. The number of nitrogens with zero attached hydrogens (tertiary/aromatic N) is 3. The molecule has 3 aromatic rings. The number of rotatable bonds is 6. The molecular formula is C18H14ClN5O6. The zero-order chi connectivity index (χ0) is 22.0. The first-order chi connectivity index (χ1) is 14.1. The molecule has 3 rings (SSSR count). The molecule has 0 fully saturated rings.